The smallest absolute Gasteiger partial charge is 0.154 e. The van der Waals surface area contributed by atoms with Crippen molar-refractivity contribution in [3.63, 3.8) is 0 Å². The van der Waals surface area contributed by atoms with Crippen molar-refractivity contribution >= 4 is 11.3 Å². The van der Waals surface area contributed by atoms with E-state index >= 15 is 0 Å². The highest BCUT2D eigenvalue weighted by atomic mass is 15.3. The molecule has 1 fully saturated rings. The first-order valence-electron chi connectivity index (χ1n) is 6.56. The van der Waals surface area contributed by atoms with Crippen LogP contribution in [0.15, 0.2) is 24.7 Å². The van der Waals surface area contributed by atoms with Gasteiger partial charge in [-0.2, -0.15) is 5.10 Å². The maximum Gasteiger partial charge on any atom is 0.154 e. The quantitative estimate of drug-likeness (QED) is 0.866. The average molecular weight is 245 g/mol. The lowest BCUT2D eigenvalue weighted by molar-refractivity contribution is 0.348. The van der Waals surface area contributed by atoms with Crippen molar-refractivity contribution in [2.75, 3.05) is 18.0 Å². The van der Waals surface area contributed by atoms with Crippen molar-refractivity contribution in [2.45, 2.75) is 25.8 Å². The predicted molar refractivity (Wildman–Crippen MR) is 71.6 cm³/mol. The molecule has 1 saturated heterocycles. The van der Waals surface area contributed by atoms with E-state index in [9.17, 15) is 0 Å². The molecule has 0 aromatic carbocycles. The number of hydrogen-bond donors (Lipinski definition) is 1. The number of anilines is 1. The molecule has 1 aliphatic heterocycles. The second-order valence-electron chi connectivity index (χ2n) is 5.03. The molecular weight excluding hydrogens is 226 g/mol. The largest absolute Gasteiger partial charge is 0.350 e. The van der Waals surface area contributed by atoms with Crippen LogP contribution < -0.4 is 10.6 Å². The summed E-state index contributed by atoms with van der Waals surface area (Å²) in [7, 11) is 0. The van der Waals surface area contributed by atoms with Gasteiger partial charge in [0.25, 0.3) is 0 Å². The molecule has 2 atom stereocenters. The van der Waals surface area contributed by atoms with E-state index in [1.807, 2.05) is 29.2 Å². The maximum absolute atomic E-state index is 5.95. The molecule has 0 radical (unpaired) electrons. The Morgan fingerprint density at radius 1 is 1.44 bits per heavy atom. The minimum atomic E-state index is 0.382. The molecule has 0 amide bonds. The van der Waals surface area contributed by atoms with Crippen LogP contribution in [-0.4, -0.2) is 33.7 Å². The van der Waals surface area contributed by atoms with Crippen molar-refractivity contribution in [2.24, 2.45) is 11.7 Å². The molecule has 3 heterocycles. The van der Waals surface area contributed by atoms with Gasteiger partial charge in [-0.15, -0.1) is 0 Å². The summed E-state index contributed by atoms with van der Waals surface area (Å²) in [4.78, 5) is 6.90. The van der Waals surface area contributed by atoms with Crippen LogP contribution in [0, 0.1) is 5.92 Å². The number of piperidine rings is 1. The van der Waals surface area contributed by atoms with Gasteiger partial charge in [0.15, 0.2) is 5.82 Å². The average Bonchev–Trinajstić information content (AvgIpc) is 2.86. The monoisotopic (exact) mass is 245 g/mol. The standard InChI is InChI=1S/C13H19N5/c1-10-3-2-7-17(12(10)9-14)13-11-4-5-16-18(11)8-6-15-13/h4-6,8,10,12H,2-3,7,9,14H2,1H3. The Morgan fingerprint density at radius 2 is 2.33 bits per heavy atom. The van der Waals surface area contributed by atoms with Gasteiger partial charge < -0.3 is 10.6 Å². The lowest BCUT2D eigenvalue weighted by atomic mass is 9.91. The van der Waals surface area contributed by atoms with E-state index in [0.717, 1.165) is 17.9 Å². The van der Waals surface area contributed by atoms with Gasteiger partial charge in [0, 0.05) is 31.5 Å². The number of nitrogens with two attached hydrogens (primary N) is 1. The minimum absolute atomic E-state index is 0.382. The first kappa shape index (κ1) is 11.5. The second kappa shape index (κ2) is 4.57. The van der Waals surface area contributed by atoms with Crippen LogP contribution >= 0.6 is 0 Å². The Balaban J connectivity index is 2.04. The molecule has 2 aromatic rings. The Hall–Kier alpha value is -1.62. The van der Waals surface area contributed by atoms with Gasteiger partial charge in [0.05, 0.1) is 6.20 Å². The Morgan fingerprint density at radius 3 is 3.17 bits per heavy atom. The lowest BCUT2D eigenvalue weighted by Crippen LogP contribution is -2.49. The van der Waals surface area contributed by atoms with Gasteiger partial charge in [-0.25, -0.2) is 9.50 Å². The molecule has 3 rings (SSSR count). The zero-order valence-corrected chi connectivity index (χ0v) is 10.7. The zero-order valence-electron chi connectivity index (χ0n) is 10.7. The van der Waals surface area contributed by atoms with Crippen LogP contribution in [0.25, 0.3) is 5.52 Å². The van der Waals surface area contributed by atoms with Crippen molar-refractivity contribution in [3.05, 3.63) is 24.7 Å². The van der Waals surface area contributed by atoms with Crippen LogP contribution in [0.5, 0.6) is 0 Å². The normalized spacial score (nSPS) is 24.7. The summed E-state index contributed by atoms with van der Waals surface area (Å²) in [5.41, 5.74) is 7.01. The van der Waals surface area contributed by atoms with E-state index < -0.39 is 0 Å². The molecule has 2 N–H and O–H groups in total. The fourth-order valence-electron chi connectivity index (χ4n) is 2.94. The highest BCUT2D eigenvalue weighted by molar-refractivity contribution is 5.68. The SMILES string of the molecule is CC1CCCN(c2nccn3nccc23)C1CN. The third-order valence-electron chi connectivity index (χ3n) is 3.93. The fourth-order valence-corrected chi connectivity index (χ4v) is 2.94. The van der Waals surface area contributed by atoms with Gasteiger partial charge in [-0.1, -0.05) is 6.92 Å². The van der Waals surface area contributed by atoms with E-state index in [4.69, 9.17) is 5.73 Å². The Kier molecular flexibility index (Phi) is 2.91. The molecule has 5 nitrogen and oxygen atoms in total. The molecule has 0 saturated carbocycles. The molecule has 18 heavy (non-hydrogen) atoms. The van der Waals surface area contributed by atoms with E-state index in [-0.39, 0.29) is 0 Å². The van der Waals surface area contributed by atoms with Crippen molar-refractivity contribution in [3.8, 4) is 0 Å². The van der Waals surface area contributed by atoms with Crippen LogP contribution in [0.4, 0.5) is 5.82 Å². The van der Waals surface area contributed by atoms with E-state index in [2.05, 4.69) is 21.9 Å². The molecule has 2 aromatic heterocycles. The van der Waals surface area contributed by atoms with E-state index in [0.29, 0.717) is 18.5 Å². The topological polar surface area (TPSA) is 59.5 Å². The third kappa shape index (κ3) is 1.75. The summed E-state index contributed by atoms with van der Waals surface area (Å²) in [5, 5.41) is 4.26. The van der Waals surface area contributed by atoms with Crippen LogP contribution in [0.3, 0.4) is 0 Å². The van der Waals surface area contributed by atoms with Gasteiger partial charge in [0.2, 0.25) is 0 Å². The van der Waals surface area contributed by atoms with Gasteiger partial charge in [-0.05, 0) is 24.8 Å². The summed E-state index contributed by atoms with van der Waals surface area (Å²) in [6, 6.07) is 2.39. The number of nitrogens with zero attached hydrogens (tertiary/aromatic N) is 4. The third-order valence-corrected chi connectivity index (χ3v) is 3.93. The Labute approximate surface area is 107 Å². The van der Waals surface area contributed by atoms with Gasteiger partial charge in [-0.3, -0.25) is 0 Å². The van der Waals surface area contributed by atoms with E-state index in [1.165, 1.54) is 12.8 Å². The van der Waals surface area contributed by atoms with Crippen molar-refractivity contribution in [1.82, 2.24) is 14.6 Å². The molecule has 1 aliphatic rings. The molecule has 0 aliphatic carbocycles. The molecule has 96 valence electrons. The summed E-state index contributed by atoms with van der Waals surface area (Å²) in [6.45, 7) is 3.99. The first-order valence-corrected chi connectivity index (χ1v) is 6.56. The lowest BCUT2D eigenvalue weighted by Gasteiger charge is -2.40. The first-order chi connectivity index (χ1) is 8.81. The second-order valence-corrected chi connectivity index (χ2v) is 5.03. The van der Waals surface area contributed by atoms with Crippen LogP contribution in [0.1, 0.15) is 19.8 Å². The minimum Gasteiger partial charge on any atom is -0.350 e. The van der Waals surface area contributed by atoms with Gasteiger partial charge in [0.1, 0.15) is 5.52 Å². The summed E-state index contributed by atoms with van der Waals surface area (Å²) < 4.78 is 1.87. The fraction of sp³-hybridized carbons (Fsp3) is 0.538. The highest BCUT2D eigenvalue weighted by Crippen LogP contribution is 2.29. The van der Waals surface area contributed by atoms with Crippen molar-refractivity contribution < 1.29 is 0 Å². The predicted octanol–water partition coefficient (Wildman–Crippen LogP) is 1.29. The zero-order chi connectivity index (χ0) is 12.5. The Bertz CT molecular complexity index is 535. The van der Waals surface area contributed by atoms with E-state index in [1.54, 1.807) is 0 Å². The molecule has 0 bridgehead atoms. The highest BCUT2D eigenvalue weighted by Gasteiger charge is 2.29. The van der Waals surface area contributed by atoms with Gasteiger partial charge >= 0.3 is 0 Å². The number of aromatic nitrogens is 3. The molecule has 5 heteroatoms. The molecular formula is C13H19N5. The van der Waals surface area contributed by atoms with Crippen molar-refractivity contribution in [1.29, 1.82) is 0 Å². The maximum atomic E-state index is 5.95. The summed E-state index contributed by atoms with van der Waals surface area (Å²) in [5.74, 6) is 1.63. The number of hydrogen-bond acceptors (Lipinski definition) is 4. The molecule has 0 spiro atoms. The van der Waals surface area contributed by atoms with Crippen LogP contribution in [-0.2, 0) is 0 Å². The number of fused-ring (bicyclic) bond motifs is 1. The summed E-state index contributed by atoms with van der Waals surface area (Å²) >= 11 is 0. The molecule has 2 unspecified atom stereocenters. The summed E-state index contributed by atoms with van der Waals surface area (Å²) in [6.07, 6.45) is 7.95. The van der Waals surface area contributed by atoms with Crippen LogP contribution in [0.2, 0.25) is 0 Å². The number of rotatable bonds is 2.